The van der Waals surface area contributed by atoms with Crippen LogP contribution in [0.15, 0.2) is 36.4 Å². The summed E-state index contributed by atoms with van der Waals surface area (Å²) in [5.41, 5.74) is 1.72. The zero-order valence-electron chi connectivity index (χ0n) is 12.4. The second-order valence-corrected chi connectivity index (χ2v) is 5.81. The van der Waals surface area contributed by atoms with Gasteiger partial charge in [0.1, 0.15) is 5.75 Å². The number of hydrogen-bond donors (Lipinski definition) is 1. The molecule has 3 rings (SSSR count). The summed E-state index contributed by atoms with van der Waals surface area (Å²) < 4.78 is 5.49. The first-order valence-electron chi connectivity index (χ1n) is 7.58. The number of fused-ring (bicyclic) bond motifs is 1. The molecule has 0 saturated carbocycles. The average Bonchev–Trinajstić information content (AvgIpc) is 2.97. The molecular formula is C18H23NO. The lowest BCUT2D eigenvalue weighted by Crippen LogP contribution is -2.41. The molecule has 0 spiro atoms. The Balaban J connectivity index is 2.04. The van der Waals surface area contributed by atoms with E-state index in [-0.39, 0.29) is 5.54 Å². The Hall–Kier alpha value is -1.54. The maximum Gasteiger partial charge on any atom is 0.126 e. The molecule has 1 saturated heterocycles. The minimum Gasteiger partial charge on any atom is -0.496 e. The van der Waals surface area contributed by atoms with E-state index in [0.29, 0.717) is 0 Å². The summed E-state index contributed by atoms with van der Waals surface area (Å²) in [5.74, 6) is 0.967. The fourth-order valence-electron chi connectivity index (χ4n) is 3.48. The molecule has 2 aromatic rings. The number of methoxy groups -OCH3 is 1. The third-order valence-corrected chi connectivity index (χ3v) is 4.73. The van der Waals surface area contributed by atoms with Crippen molar-refractivity contribution in [2.75, 3.05) is 13.7 Å². The van der Waals surface area contributed by atoms with Gasteiger partial charge in [-0.05, 0) is 49.2 Å². The molecule has 1 aliphatic heterocycles. The van der Waals surface area contributed by atoms with Gasteiger partial charge in [0.15, 0.2) is 0 Å². The van der Waals surface area contributed by atoms with Gasteiger partial charge >= 0.3 is 0 Å². The van der Waals surface area contributed by atoms with Crippen molar-refractivity contribution < 1.29 is 4.74 Å². The standard InChI is InChI=1S/C18H23NO/c1-3-18(11-6-12-19-18)13-14-9-10-17(20-2)16-8-5-4-7-15(14)16/h4-5,7-10,19H,3,6,11-13H2,1-2H3. The van der Waals surface area contributed by atoms with E-state index in [1.54, 1.807) is 7.11 Å². The van der Waals surface area contributed by atoms with Gasteiger partial charge in [-0.25, -0.2) is 0 Å². The number of ether oxygens (including phenoxy) is 1. The average molecular weight is 269 g/mol. The van der Waals surface area contributed by atoms with Crippen LogP contribution >= 0.6 is 0 Å². The molecule has 2 aromatic carbocycles. The van der Waals surface area contributed by atoms with Gasteiger partial charge in [-0.15, -0.1) is 0 Å². The highest BCUT2D eigenvalue weighted by molar-refractivity contribution is 5.91. The van der Waals surface area contributed by atoms with E-state index in [9.17, 15) is 0 Å². The van der Waals surface area contributed by atoms with Gasteiger partial charge in [0.05, 0.1) is 7.11 Å². The van der Waals surface area contributed by atoms with E-state index in [1.165, 1.54) is 35.6 Å². The first-order chi connectivity index (χ1) is 9.78. The highest BCUT2D eigenvalue weighted by Crippen LogP contribution is 2.33. The molecule has 1 fully saturated rings. The lowest BCUT2D eigenvalue weighted by atomic mass is 9.85. The van der Waals surface area contributed by atoms with Gasteiger partial charge in [0.25, 0.3) is 0 Å². The highest BCUT2D eigenvalue weighted by Gasteiger charge is 2.31. The number of rotatable bonds is 4. The summed E-state index contributed by atoms with van der Waals surface area (Å²) >= 11 is 0. The lowest BCUT2D eigenvalue weighted by Gasteiger charge is -2.29. The van der Waals surface area contributed by atoms with Crippen LogP contribution < -0.4 is 10.1 Å². The zero-order valence-corrected chi connectivity index (χ0v) is 12.4. The van der Waals surface area contributed by atoms with Crippen molar-refractivity contribution in [1.29, 1.82) is 0 Å². The molecule has 106 valence electrons. The van der Waals surface area contributed by atoms with Crippen LogP contribution in [0, 0.1) is 0 Å². The van der Waals surface area contributed by atoms with Crippen LogP contribution in [-0.2, 0) is 6.42 Å². The van der Waals surface area contributed by atoms with Gasteiger partial charge in [0.2, 0.25) is 0 Å². The fraction of sp³-hybridized carbons (Fsp3) is 0.444. The molecular weight excluding hydrogens is 246 g/mol. The van der Waals surface area contributed by atoms with Crippen LogP contribution in [0.25, 0.3) is 10.8 Å². The molecule has 0 amide bonds. The monoisotopic (exact) mass is 269 g/mol. The Kier molecular flexibility index (Phi) is 3.66. The summed E-state index contributed by atoms with van der Waals surface area (Å²) in [6.45, 7) is 3.45. The Labute approximate surface area is 121 Å². The predicted molar refractivity (Wildman–Crippen MR) is 84.5 cm³/mol. The minimum absolute atomic E-state index is 0.289. The van der Waals surface area contributed by atoms with Crippen molar-refractivity contribution in [3.63, 3.8) is 0 Å². The van der Waals surface area contributed by atoms with Crippen molar-refractivity contribution >= 4 is 10.8 Å². The van der Waals surface area contributed by atoms with Crippen molar-refractivity contribution in [1.82, 2.24) is 5.32 Å². The SMILES string of the molecule is CCC1(Cc2ccc(OC)c3ccccc23)CCCN1. The van der Waals surface area contributed by atoms with Crippen molar-refractivity contribution in [2.24, 2.45) is 0 Å². The van der Waals surface area contributed by atoms with E-state index in [0.717, 1.165) is 18.7 Å². The highest BCUT2D eigenvalue weighted by atomic mass is 16.5. The van der Waals surface area contributed by atoms with Gasteiger partial charge in [-0.1, -0.05) is 37.3 Å². The molecule has 1 unspecified atom stereocenters. The summed E-state index contributed by atoms with van der Waals surface area (Å²) in [4.78, 5) is 0. The van der Waals surface area contributed by atoms with Gasteiger partial charge in [-0.2, -0.15) is 0 Å². The van der Waals surface area contributed by atoms with Crippen LogP contribution in [0.3, 0.4) is 0 Å². The van der Waals surface area contributed by atoms with Crippen molar-refractivity contribution in [2.45, 2.75) is 38.1 Å². The molecule has 0 aromatic heterocycles. The molecule has 1 N–H and O–H groups in total. The quantitative estimate of drug-likeness (QED) is 0.908. The van der Waals surface area contributed by atoms with Gasteiger partial charge < -0.3 is 10.1 Å². The fourth-order valence-corrected chi connectivity index (χ4v) is 3.48. The van der Waals surface area contributed by atoms with Crippen molar-refractivity contribution in [3.8, 4) is 5.75 Å². The maximum absolute atomic E-state index is 5.49. The third kappa shape index (κ3) is 2.29. The van der Waals surface area contributed by atoms with E-state index in [4.69, 9.17) is 4.74 Å². The zero-order chi connectivity index (χ0) is 14.0. The summed E-state index contributed by atoms with van der Waals surface area (Å²) in [5, 5.41) is 6.28. The van der Waals surface area contributed by atoms with Crippen LogP contribution in [0.4, 0.5) is 0 Å². The summed E-state index contributed by atoms with van der Waals surface area (Å²) in [6.07, 6.45) is 4.87. The molecule has 0 radical (unpaired) electrons. The molecule has 0 bridgehead atoms. The summed E-state index contributed by atoms with van der Waals surface area (Å²) in [6, 6.07) is 12.9. The van der Waals surface area contributed by atoms with E-state index in [2.05, 4.69) is 48.6 Å². The first-order valence-corrected chi connectivity index (χ1v) is 7.58. The Morgan fingerprint density at radius 1 is 1.15 bits per heavy atom. The molecule has 2 heteroatoms. The van der Waals surface area contributed by atoms with E-state index < -0.39 is 0 Å². The topological polar surface area (TPSA) is 21.3 Å². The van der Waals surface area contributed by atoms with E-state index in [1.807, 2.05) is 0 Å². The number of hydrogen-bond acceptors (Lipinski definition) is 2. The summed E-state index contributed by atoms with van der Waals surface area (Å²) in [7, 11) is 1.74. The second kappa shape index (κ2) is 5.45. The minimum atomic E-state index is 0.289. The van der Waals surface area contributed by atoms with Crippen LogP contribution in [0.5, 0.6) is 5.75 Å². The van der Waals surface area contributed by atoms with Gasteiger partial charge in [0, 0.05) is 10.9 Å². The second-order valence-electron chi connectivity index (χ2n) is 5.81. The van der Waals surface area contributed by atoms with Gasteiger partial charge in [-0.3, -0.25) is 0 Å². The lowest BCUT2D eigenvalue weighted by molar-refractivity contribution is 0.360. The maximum atomic E-state index is 5.49. The van der Waals surface area contributed by atoms with Crippen LogP contribution in [0.2, 0.25) is 0 Å². The third-order valence-electron chi connectivity index (χ3n) is 4.73. The number of nitrogens with one attached hydrogen (secondary N) is 1. The molecule has 1 heterocycles. The van der Waals surface area contributed by atoms with Crippen molar-refractivity contribution in [3.05, 3.63) is 42.0 Å². The normalized spacial score (nSPS) is 22.3. The Morgan fingerprint density at radius 3 is 2.60 bits per heavy atom. The number of benzene rings is 2. The molecule has 2 nitrogen and oxygen atoms in total. The Morgan fingerprint density at radius 2 is 1.95 bits per heavy atom. The molecule has 0 aliphatic carbocycles. The predicted octanol–water partition coefficient (Wildman–Crippen LogP) is 3.92. The van der Waals surface area contributed by atoms with Crippen LogP contribution in [0.1, 0.15) is 31.7 Å². The van der Waals surface area contributed by atoms with E-state index >= 15 is 0 Å². The first kappa shape index (κ1) is 13.4. The largest absolute Gasteiger partial charge is 0.496 e. The Bertz CT molecular complexity index is 599. The molecule has 20 heavy (non-hydrogen) atoms. The van der Waals surface area contributed by atoms with Crippen LogP contribution in [-0.4, -0.2) is 19.2 Å². The molecule has 1 aliphatic rings. The molecule has 1 atom stereocenters. The smallest absolute Gasteiger partial charge is 0.126 e.